The molecule has 0 saturated carbocycles. The van der Waals surface area contributed by atoms with Crippen LogP contribution in [-0.2, 0) is 14.8 Å². The Labute approximate surface area is 185 Å². The lowest BCUT2D eigenvalue weighted by molar-refractivity contribution is -0.119. The number of benzene rings is 2. The Kier molecular flexibility index (Phi) is 5.34. The van der Waals surface area contributed by atoms with E-state index in [0.717, 1.165) is 12.2 Å². The average Bonchev–Trinajstić information content (AvgIpc) is 3.28. The number of nitrogens with zero attached hydrogens (tertiary/aromatic N) is 1. The van der Waals surface area contributed by atoms with E-state index < -0.39 is 51.8 Å². The van der Waals surface area contributed by atoms with Crippen LogP contribution in [0.25, 0.3) is 10.8 Å². The number of hydrogen-bond donors (Lipinski definition) is 1. The molecule has 0 fully saturated rings. The summed E-state index contributed by atoms with van der Waals surface area (Å²) in [5.41, 5.74) is -5.70. The first-order valence-corrected chi connectivity index (χ1v) is 11.1. The number of fused-ring (bicyclic) bond motifs is 3. The summed E-state index contributed by atoms with van der Waals surface area (Å²) in [5.74, 6) is 0. The molecule has 2 atom stereocenters. The zero-order valence-corrected chi connectivity index (χ0v) is 18.1. The van der Waals surface area contributed by atoms with Crippen LogP contribution in [0.5, 0.6) is 0 Å². The third-order valence-corrected chi connectivity index (χ3v) is 7.06. The topological polar surface area (TPSA) is 58.6 Å². The number of nitrogens with one attached hydrogen (secondary N) is 1. The molecule has 0 aromatic heterocycles. The second-order valence-corrected chi connectivity index (χ2v) is 9.65. The van der Waals surface area contributed by atoms with Crippen molar-refractivity contribution in [3.8, 4) is 0 Å². The second-order valence-electron chi connectivity index (χ2n) is 7.92. The van der Waals surface area contributed by atoms with Gasteiger partial charge in [0, 0.05) is 37.1 Å². The van der Waals surface area contributed by atoms with Crippen molar-refractivity contribution in [1.29, 1.82) is 0 Å². The minimum absolute atomic E-state index is 0.217. The number of sulfonamides is 1. The van der Waals surface area contributed by atoms with Crippen LogP contribution in [0.2, 0.25) is 0 Å². The molecular weight excluding hydrogens is 474 g/mol. The zero-order chi connectivity index (χ0) is 24.4. The monoisotopic (exact) mass is 492 g/mol. The fourth-order valence-electron chi connectivity index (χ4n) is 4.27. The van der Waals surface area contributed by atoms with Gasteiger partial charge in [0.05, 0.1) is 16.0 Å². The Morgan fingerprint density at radius 2 is 1.64 bits per heavy atom. The maximum Gasteiger partial charge on any atom is 0.416 e. The van der Waals surface area contributed by atoms with E-state index in [1.54, 1.807) is 37.2 Å². The van der Waals surface area contributed by atoms with Crippen molar-refractivity contribution in [3.63, 3.8) is 0 Å². The van der Waals surface area contributed by atoms with Gasteiger partial charge in [-0.3, -0.25) is 0 Å². The third-order valence-electron chi connectivity index (χ3n) is 5.60. The Hall–Kier alpha value is -2.57. The summed E-state index contributed by atoms with van der Waals surface area (Å²) in [5, 5.41) is 0.889. The number of alkyl halides is 6. The highest BCUT2D eigenvalue weighted by molar-refractivity contribution is 7.89. The van der Waals surface area contributed by atoms with Crippen LogP contribution in [-0.4, -0.2) is 53.1 Å². The lowest BCUT2D eigenvalue weighted by Gasteiger charge is -2.29. The van der Waals surface area contributed by atoms with Crippen molar-refractivity contribution >= 4 is 26.5 Å². The predicted molar refractivity (Wildman–Crippen MR) is 109 cm³/mol. The molecule has 33 heavy (non-hydrogen) atoms. The van der Waals surface area contributed by atoms with E-state index in [0.29, 0.717) is 16.5 Å². The van der Waals surface area contributed by atoms with E-state index in [4.69, 9.17) is 4.74 Å². The van der Waals surface area contributed by atoms with Gasteiger partial charge in [0.15, 0.2) is 0 Å². The van der Waals surface area contributed by atoms with Gasteiger partial charge in [-0.2, -0.15) is 26.3 Å². The molecule has 5 nitrogen and oxygen atoms in total. The van der Waals surface area contributed by atoms with Crippen LogP contribution in [0.1, 0.15) is 0 Å². The molecule has 0 saturated heterocycles. The maximum atomic E-state index is 13.7. The van der Waals surface area contributed by atoms with Gasteiger partial charge in [-0.1, -0.05) is 30.3 Å². The standard InChI is InChI=1S/C21H18F6N2O3S/c1-29(2)14-7-3-6-13-12(14)5-4-8-16(13)33(30,31)28-11-19-10-9-15(32-19)17(20(22,23)24)18(19)21(25,26)27/h3-10,15,28H,11H2,1-2H3. The Morgan fingerprint density at radius 3 is 2.24 bits per heavy atom. The minimum Gasteiger partial charge on any atom is -0.377 e. The second kappa shape index (κ2) is 7.47. The van der Waals surface area contributed by atoms with Crippen molar-refractivity contribution in [2.45, 2.75) is 29.0 Å². The van der Waals surface area contributed by atoms with E-state index >= 15 is 0 Å². The fourth-order valence-corrected chi connectivity index (χ4v) is 5.55. The molecule has 2 unspecified atom stereocenters. The van der Waals surface area contributed by atoms with Crippen LogP contribution in [0.15, 0.2) is 64.6 Å². The lowest BCUT2D eigenvalue weighted by Crippen LogP contribution is -2.46. The third kappa shape index (κ3) is 3.89. The summed E-state index contributed by atoms with van der Waals surface area (Å²) >= 11 is 0. The maximum absolute atomic E-state index is 13.7. The smallest absolute Gasteiger partial charge is 0.377 e. The number of hydrogen-bond acceptors (Lipinski definition) is 4. The molecule has 2 heterocycles. The van der Waals surface area contributed by atoms with Gasteiger partial charge in [0.1, 0.15) is 11.7 Å². The summed E-state index contributed by atoms with van der Waals surface area (Å²) in [6, 6.07) is 9.36. The van der Waals surface area contributed by atoms with Crippen molar-refractivity contribution in [2.24, 2.45) is 0 Å². The van der Waals surface area contributed by atoms with Crippen LogP contribution >= 0.6 is 0 Å². The Bertz CT molecular complexity index is 1280. The average molecular weight is 492 g/mol. The van der Waals surface area contributed by atoms with E-state index in [1.807, 2.05) is 4.72 Å². The molecule has 0 aliphatic carbocycles. The summed E-state index contributed by atoms with van der Waals surface area (Å²) in [6.45, 7) is -1.06. The van der Waals surface area contributed by atoms with Gasteiger partial charge < -0.3 is 9.64 Å². The zero-order valence-electron chi connectivity index (χ0n) is 17.3. The SMILES string of the molecule is CN(C)c1cccc2c(S(=O)(=O)NCC34C=CC(O3)C(C(F)(F)F)=C4C(F)(F)F)cccc12. The summed E-state index contributed by atoms with van der Waals surface area (Å²) in [7, 11) is -0.900. The minimum atomic E-state index is -5.38. The highest BCUT2D eigenvalue weighted by atomic mass is 32.2. The van der Waals surface area contributed by atoms with E-state index in [9.17, 15) is 34.8 Å². The van der Waals surface area contributed by atoms with Gasteiger partial charge in [-0.25, -0.2) is 13.1 Å². The first-order valence-electron chi connectivity index (χ1n) is 9.62. The van der Waals surface area contributed by atoms with Gasteiger partial charge in [-0.15, -0.1) is 0 Å². The van der Waals surface area contributed by atoms with E-state index in [1.165, 1.54) is 18.2 Å². The van der Waals surface area contributed by atoms with Gasteiger partial charge in [-0.05, 0) is 18.2 Å². The number of anilines is 1. The van der Waals surface area contributed by atoms with Gasteiger partial charge >= 0.3 is 12.4 Å². The largest absolute Gasteiger partial charge is 0.416 e. The molecule has 2 aliphatic rings. The van der Waals surface area contributed by atoms with Crippen molar-refractivity contribution in [3.05, 3.63) is 59.7 Å². The summed E-state index contributed by atoms with van der Waals surface area (Å²) in [4.78, 5) is 1.55. The summed E-state index contributed by atoms with van der Waals surface area (Å²) in [6.07, 6.45) is -10.9. The highest BCUT2D eigenvalue weighted by Crippen LogP contribution is 2.54. The molecule has 0 amide bonds. The summed E-state index contributed by atoms with van der Waals surface area (Å²) < 4.78 is 114. The first-order chi connectivity index (χ1) is 15.2. The number of ether oxygens (including phenoxy) is 1. The van der Waals surface area contributed by atoms with Crippen LogP contribution in [0.4, 0.5) is 32.0 Å². The van der Waals surface area contributed by atoms with Gasteiger partial charge in [0.25, 0.3) is 0 Å². The van der Waals surface area contributed by atoms with E-state index in [2.05, 4.69) is 0 Å². The lowest BCUT2D eigenvalue weighted by atomic mass is 9.86. The van der Waals surface area contributed by atoms with Crippen molar-refractivity contribution in [1.82, 2.24) is 4.72 Å². The van der Waals surface area contributed by atoms with Crippen molar-refractivity contribution < 1.29 is 39.5 Å². The normalized spacial score (nSPS) is 23.1. The van der Waals surface area contributed by atoms with Crippen LogP contribution < -0.4 is 9.62 Å². The van der Waals surface area contributed by atoms with Crippen molar-refractivity contribution in [2.75, 3.05) is 25.5 Å². The molecule has 2 aromatic rings. The quantitative estimate of drug-likeness (QED) is 0.499. The highest BCUT2D eigenvalue weighted by Gasteiger charge is 2.64. The molecular formula is C21H18F6N2O3S. The fraction of sp³-hybridized carbons (Fsp3) is 0.333. The number of halogens is 6. The molecule has 12 heteroatoms. The molecule has 178 valence electrons. The molecule has 2 aliphatic heterocycles. The molecule has 2 aromatic carbocycles. The molecule has 0 spiro atoms. The predicted octanol–water partition coefficient (Wildman–Crippen LogP) is 4.31. The van der Waals surface area contributed by atoms with Crippen LogP contribution in [0, 0.1) is 0 Å². The molecule has 1 N–H and O–H groups in total. The van der Waals surface area contributed by atoms with E-state index in [-0.39, 0.29) is 4.90 Å². The Morgan fingerprint density at radius 1 is 1.00 bits per heavy atom. The van der Waals surface area contributed by atoms with Gasteiger partial charge in [0.2, 0.25) is 10.0 Å². The first kappa shape index (κ1) is 23.6. The molecule has 0 radical (unpaired) electrons. The Balaban J connectivity index is 1.74. The number of rotatable bonds is 5. The van der Waals surface area contributed by atoms with Crippen LogP contribution in [0.3, 0.4) is 0 Å². The molecule has 2 bridgehead atoms. The molecule has 4 rings (SSSR count).